The van der Waals surface area contributed by atoms with Gasteiger partial charge < -0.3 is 15.1 Å². The van der Waals surface area contributed by atoms with Gasteiger partial charge in [-0.1, -0.05) is 49.6 Å². The summed E-state index contributed by atoms with van der Waals surface area (Å²) in [6.45, 7) is 3.25. The van der Waals surface area contributed by atoms with Gasteiger partial charge in [0.1, 0.15) is 0 Å². The lowest BCUT2D eigenvalue weighted by atomic mass is 9.88. The van der Waals surface area contributed by atoms with E-state index in [-0.39, 0.29) is 11.9 Å². The van der Waals surface area contributed by atoms with Crippen LogP contribution in [0.15, 0.2) is 30.3 Å². The van der Waals surface area contributed by atoms with Gasteiger partial charge in [0.25, 0.3) is 0 Å². The Morgan fingerprint density at radius 1 is 0.920 bits per heavy atom. The third-order valence-corrected chi connectivity index (χ3v) is 5.37. The van der Waals surface area contributed by atoms with Gasteiger partial charge in [0.05, 0.1) is 0 Å². The van der Waals surface area contributed by atoms with Crippen LogP contribution in [0.25, 0.3) is 0 Å². The summed E-state index contributed by atoms with van der Waals surface area (Å²) in [5.74, 6) is 0.531. The van der Waals surface area contributed by atoms with Crippen LogP contribution in [0.5, 0.6) is 0 Å². The smallest absolute Gasteiger partial charge is 0.317 e. The summed E-state index contributed by atoms with van der Waals surface area (Å²) in [7, 11) is 0. The summed E-state index contributed by atoms with van der Waals surface area (Å²) in [6.07, 6.45) is 6.55. The molecule has 0 atom stereocenters. The molecule has 1 saturated heterocycles. The van der Waals surface area contributed by atoms with Crippen LogP contribution in [0.3, 0.4) is 0 Å². The summed E-state index contributed by atoms with van der Waals surface area (Å²) in [5.41, 5.74) is 1.23. The van der Waals surface area contributed by atoms with Crippen LogP contribution in [0, 0.1) is 5.92 Å². The molecule has 0 radical (unpaired) electrons. The van der Waals surface area contributed by atoms with E-state index in [0.29, 0.717) is 38.6 Å². The summed E-state index contributed by atoms with van der Waals surface area (Å²) >= 11 is 0. The quantitative estimate of drug-likeness (QED) is 0.914. The Bertz CT molecular complexity index is 562. The third-order valence-electron chi connectivity index (χ3n) is 5.37. The van der Waals surface area contributed by atoms with Gasteiger partial charge in [-0.15, -0.1) is 0 Å². The average Bonchev–Trinajstić information content (AvgIpc) is 2.69. The van der Waals surface area contributed by atoms with Crippen molar-refractivity contribution in [1.82, 2.24) is 15.1 Å². The summed E-state index contributed by atoms with van der Waals surface area (Å²) in [4.78, 5) is 28.6. The topological polar surface area (TPSA) is 52.7 Å². The number of benzene rings is 1. The van der Waals surface area contributed by atoms with Crippen LogP contribution in [0.1, 0.15) is 37.7 Å². The van der Waals surface area contributed by atoms with Crippen LogP contribution in [-0.4, -0.2) is 54.5 Å². The predicted octanol–water partition coefficient (Wildman–Crippen LogP) is 2.66. The molecule has 2 fully saturated rings. The monoisotopic (exact) mass is 343 g/mol. The second kappa shape index (κ2) is 8.88. The largest absolute Gasteiger partial charge is 0.339 e. The predicted molar refractivity (Wildman–Crippen MR) is 98.3 cm³/mol. The maximum atomic E-state index is 12.6. The van der Waals surface area contributed by atoms with Gasteiger partial charge in [0.2, 0.25) is 5.91 Å². The van der Waals surface area contributed by atoms with Crippen molar-refractivity contribution in [1.29, 1.82) is 0 Å². The van der Waals surface area contributed by atoms with Crippen molar-refractivity contribution in [2.75, 3.05) is 32.7 Å². The molecule has 1 aliphatic carbocycles. The highest BCUT2D eigenvalue weighted by atomic mass is 16.2. The molecule has 1 saturated carbocycles. The lowest BCUT2D eigenvalue weighted by molar-refractivity contribution is -0.138. The first-order chi connectivity index (χ1) is 12.2. The fourth-order valence-electron chi connectivity index (χ4n) is 3.81. The van der Waals surface area contributed by atoms with Crippen LogP contribution < -0.4 is 5.32 Å². The van der Waals surface area contributed by atoms with Gasteiger partial charge in [0.15, 0.2) is 0 Å². The number of rotatable bonds is 4. The fraction of sp³-hybridized carbons (Fsp3) is 0.600. The summed E-state index contributed by atoms with van der Waals surface area (Å²) in [5, 5.41) is 2.99. The molecule has 3 amide bonds. The van der Waals surface area contributed by atoms with Crippen LogP contribution in [-0.2, 0) is 11.2 Å². The zero-order valence-corrected chi connectivity index (χ0v) is 15.0. The Kier molecular flexibility index (Phi) is 6.31. The van der Waals surface area contributed by atoms with E-state index in [1.807, 2.05) is 28.0 Å². The van der Waals surface area contributed by atoms with Gasteiger partial charge >= 0.3 is 6.03 Å². The van der Waals surface area contributed by atoms with Gasteiger partial charge in [-0.05, 0) is 24.8 Å². The zero-order valence-electron chi connectivity index (χ0n) is 15.0. The van der Waals surface area contributed by atoms with Crippen molar-refractivity contribution in [3.05, 3.63) is 35.9 Å². The molecule has 25 heavy (non-hydrogen) atoms. The molecule has 2 aliphatic rings. The molecule has 1 aliphatic heterocycles. The highest BCUT2D eigenvalue weighted by Crippen LogP contribution is 2.25. The second-order valence-electron chi connectivity index (χ2n) is 7.11. The third kappa shape index (κ3) is 4.97. The maximum Gasteiger partial charge on any atom is 0.317 e. The summed E-state index contributed by atoms with van der Waals surface area (Å²) < 4.78 is 0. The van der Waals surface area contributed by atoms with E-state index in [1.165, 1.54) is 24.8 Å². The Morgan fingerprint density at radius 3 is 2.24 bits per heavy atom. The number of carbonyl (C=O) groups is 2. The van der Waals surface area contributed by atoms with E-state index >= 15 is 0 Å². The first-order valence-electron chi connectivity index (χ1n) is 9.59. The minimum absolute atomic E-state index is 0.0132. The molecular weight excluding hydrogens is 314 g/mol. The summed E-state index contributed by atoms with van der Waals surface area (Å²) in [6, 6.07) is 10.2. The normalized spacial score (nSPS) is 18.9. The van der Waals surface area contributed by atoms with Crippen LogP contribution in [0.4, 0.5) is 4.79 Å². The highest BCUT2D eigenvalue weighted by Gasteiger charge is 2.29. The van der Waals surface area contributed by atoms with E-state index < -0.39 is 0 Å². The molecule has 0 unspecified atom stereocenters. The Balaban J connectivity index is 1.37. The first kappa shape index (κ1) is 17.8. The van der Waals surface area contributed by atoms with Crippen molar-refractivity contribution in [3.63, 3.8) is 0 Å². The van der Waals surface area contributed by atoms with Crippen LogP contribution >= 0.6 is 0 Å². The SMILES string of the molecule is O=C(NCCc1ccccc1)N1CCN(C(=O)C2CCCCC2)CC1. The van der Waals surface area contributed by atoms with Gasteiger partial charge in [0, 0.05) is 38.6 Å². The minimum atomic E-state index is -0.0132. The van der Waals surface area contributed by atoms with Crippen molar-refractivity contribution in [2.24, 2.45) is 5.92 Å². The van der Waals surface area contributed by atoms with E-state index in [4.69, 9.17) is 0 Å². The van der Waals surface area contributed by atoms with Gasteiger partial charge in [-0.25, -0.2) is 4.79 Å². The van der Waals surface area contributed by atoms with Crippen molar-refractivity contribution in [3.8, 4) is 0 Å². The molecule has 0 bridgehead atoms. The molecule has 136 valence electrons. The zero-order chi connectivity index (χ0) is 17.5. The Hall–Kier alpha value is -2.04. The maximum absolute atomic E-state index is 12.6. The number of hydrogen-bond donors (Lipinski definition) is 1. The van der Waals surface area contributed by atoms with E-state index in [2.05, 4.69) is 17.4 Å². The minimum Gasteiger partial charge on any atom is -0.339 e. The molecule has 1 heterocycles. The molecule has 1 aromatic rings. The molecule has 1 aromatic carbocycles. The number of amides is 3. The first-order valence-corrected chi connectivity index (χ1v) is 9.59. The number of carbonyl (C=O) groups excluding carboxylic acids is 2. The molecule has 5 nitrogen and oxygen atoms in total. The van der Waals surface area contributed by atoms with Crippen molar-refractivity contribution >= 4 is 11.9 Å². The van der Waals surface area contributed by atoms with Gasteiger partial charge in [-0.2, -0.15) is 0 Å². The molecule has 5 heteroatoms. The lowest BCUT2D eigenvalue weighted by Crippen LogP contribution is -2.54. The molecule has 0 aromatic heterocycles. The average molecular weight is 343 g/mol. The standard InChI is InChI=1S/C20H29N3O2/c24-19(18-9-5-2-6-10-18)22-13-15-23(16-14-22)20(25)21-12-11-17-7-3-1-4-8-17/h1,3-4,7-8,18H,2,5-6,9-16H2,(H,21,25). The van der Waals surface area contributed by atoms with E-state index in [9.17, 15) is 9.59 Å². The van der Waals surface area contributed by atoms with Crippen LogP contribution in [0.2, 0.25) is 0 Å². The highest BCUT2D eigenvalue weighted by molar-refractivity contribution is 5.79. The molecule has 0 spiro atoms. The number of nitrogens with one attached hydrogen (secondary N) is 1. The Morgan fingerprint density at radius 2 is 1.56 bits per heavy atom. The second-order valence-corrected chi connectivity index (χ2v) is 7.11. The fourth-order valence-corrected chi connectivity index (χ4v) is 3.81. The van der Waals surface area contributed by atoms with Gasteiger partial charge in [-0.3, -0.25) is 4.79 Å². The van der Waals surface area contributed by atoms with E-state index in [0.717, 1.165) is 19.3 Å². The van der Waals surface area contributed by atoms with E-state index in [1.54, 1.807) is 0 Å². The number of hydrogen-bond acceptors (Lipinski definition) is 2. The van der Waals surface area contributed by atoms with Crippen molar-refractivity contribution < 1.29 is 9.59 Å². The molecule has 3 rings (SSSR count). The van der Waals surface area contributed by atoms with Crippen molar-refractivity contribution in [2.45, 2.75) is 38.5 Å². The molecular formula is C20H29N3O2. The number of piperazine rings is 1. The number of urea groups is 1. The Labute approximate surface area is 150 Å². The lowest BCUT2D eigenvalue weighted by Gasteiger charge is -2.37. The number of nitrogens with zero attached hydrogens (tertiary/aromatic N) is 2. The molecule has 1 N–H and O–H groups in total.